The van der Waals surface area contributed by atoms with Crippen molar-refractivity contribution in [1.29, 1.82) is 0 Å². The molecule has 0 aromatic rings. The van der Waals surface area contributed by atoms with Gasteiger partial charge in [0.1, 0.15) is 27.2 Å². The van der Waals surface area contributed by atoms with Crippen molar-refractivity contribution in [3.63, 3.8) is 0 Å². The van der Waals surface area contributed by atoms with Gasteiger partial charge in [0.2, 0.25) is 0 Å². The molecule has 0 saturated carbocycles. The summed E-state index contributed by atoms with van der Waals surface area (Å²) < 4.78 is 0. The Morgan fingerprint density at radius 3 is 0.455 bits per heavy atom. The Bertz CT molecular complexity index is 28.1. The van der Waals surface area contributed by atoms with E-state index in [1.165, 1.54) is 0 Å². The summed E-state index contributed by atoms with van der Waals surface area (Å²) in [6, 6.07) is 0. The minimum atomic E-state index is 0. The first-order valence-corrected chi connectivity index (χ1v) is 1.15. The van der Waals surface area contributed by atoms with Crippen molar-refractivity contribution in [2.45, 2.75) is 0 Å². The fourth-order valence-electron chi connectivity index (χ4n) is 0. The van der Waals surface area contributed by atoms with Gasteiger partial charge in [-0.15, -0.1) is 0 Å². The van der Waals surface area contributed by atoms with Crippen LogP contribution in [0.1, 0.15) is 0 Å². The van der Waals surface area contributed by atoms with E-state index in [0.717, 1.165) is 0 Å². The van der Waals surface area contributed by atoms with Gasteiger partial charge in [0.15, 0.2) is 0 Å². The smallest absolute Gasteiger partial charge is 1.00 e. The molecule has 4 nitrogen and oxygen atoms in total. The van der Waals surface area contributed by atoms with Crippen LogP contribution in [0.5, 0.6) is 0 Å². The molecule has 0 unspecified atom stereocenters. The molecular formula is C4H8Br2MnO4. The van der Waals surface area contributed by atoms with Crippen LogP contribution in [0.2, 0.25) is 0 Å². The standard InChI is InChI=1S/4CH2O.2BrH.Mn/c4*1-2;;;/h4*1H2;2*1H;/q;;;;;;+2/p-2. The summed E-state index contributed by atoms with van der Waals surface area (Å²) in [6.07, 6.45) is 0. The van der Waals surface area contributed by atoms with Crippen molar-refractivity contribution in [2.75, 3.05) is 0 Å². The molecule has 0 aliphatic carbocycles. The van der Waals surface area contributed by atoms with Crippen LogP contribution in [0.15, 0.2) is 0 Å². The van der Waals surface area contributed by atoms with Crippen LogP contribution in [-0.4, -0.2) is 27.2 Å². The molecule has 1 radical (unpaired) electrons. The molecule has 69 valence electrons. The molecule has 11 heavy (non-hydrogen) atoms. The fraction of sp³-hybridized carbons (Fsp3) is 0. The largest absolute Gasteiger partial charge is 2.00 e. The van der Waals surface area contributed by atoms with E-state index in [1.54, 1.807) is 0 Å². The summed E-state index contributed by atoms with van der Waals surface area (Å²) in [5.74, 6) is 0. The molecule has 0 saturated heterocycles. The van der Waals surface area contributed by atoms with E-state index in [9.17, 15) is 0 Å². The molecule has 0 aromatic carbocycles. The van der Waals surface area contributed by atoms with E-state index >= 15 is 0 Å². The predicted molar refractivity (Wildman–Crippen MR) is 28.5 cm³/mol. The van der Waals surface area contributed by atoms with Gasteiger partial charge in [0.25, 0.3) is 0 Å². The van der Waals surface area contributed by atoms with Gasteiger partial charge in [-0.25, -0.2) is 0 Å². The third kappa shape index (κ3) is 26600. The Labute approximate surface area is 97.1 Å². The van der Waals surface area contributed by atoms with E-state index in [4.69, 9.17) is 19.2 Å². The van der Waals surface area contributed by atoms with Crippen LogP contribution in [0.25, 0.3) is 0 Å². The number of carbonyl (C=O) groups is 4. The first kappa shape index (κ1) is 66.6. The van der Waals surface area contributed by atoms with Crippen LogP contribution < -0.4 is 34.0 Å². The Kier molecular flexibility index (Phi) is 203000. The third-order valence-electron chi connectivity index (χ3n) is 0. The second kappa shape index (κ2) is 33500. The zero-order valence-corrected chi connectivity index (χ0v) is 9.95. The minimum absolute atomic E-state index is 0. The van der Waals surface area contributed by atoms with E-state index in [-0.39, 0.29) is 51.0 Å². The second-order valence-corrected chi connectivity index (χ2v) is 0. The number of rotatable bonds is 0. The number of halogens is 2. The van der Waals surface area contributed by atoms with Crippen LogP contribution in [-0.2, 0) is 36.2 Å². The van der Waals surface area contributed by atoms with E-state index < -0.39 is 0 Å². The normalized spacial score (nSPS) is 1.45. The molecule has 0 fully saturated rings. The van der Waals surface area contributed by atoms with Gasteiger partial charge in [-0.1, -0.05) is 0 Å². The molecule has 0 amide bonds. The molecule has 0 bridgehead atoms. The van der Waals surface area contributed by atoms with Gasteiger partial charge in [-0.2, -0.15) is 0 Å². The van der Waals surface area contributed by atoms with Gasteiger partial charge in [0.05, 0.1) is 0 Å². The van der Waals surface area contributed by atoms with Crippen LogP contribution in [0.4, 0.5) is 0 Å². The van der Waals surface area contributed by atoms with Gasteiger partial charge in [0, 0.05) is 0 Å². The van der Waals surface area contributed by atoms with E-state index in [2.05, 4.69) is 0 Å². The van der Waals surface area contributed by atoms with E-state index in [0.29, 0.717) is 0 Å². The SMILES string of the molecule is C=O.C=O.C=O.C=O.[Br-].[Br-].[Mn+2]. The second-order valence-electron chi connectivity index (χ2n) is 0. The summed E-state index contributed by atoms with van der Waals surface area (Å²) >= 11 is 0. The van der Waals surface area contributed by atoms with Crippen LogP contribution >= 0.6 is 0 Å². The molecule has 0 heterocycles. The van der Waals surface area contributed by atoms with Crippen molar-refractivity contribution >= 4 is 27.2 Å². The summed E-state index contributed by atoms with van der Waals surface area (Å²) in [5.41, 5.74) is 0. The first-order valence-electron chi connectivity index (χ1n) is 1.15. The summed E-state index contributed by atoms with van der Waals surface area (Å²) in [4.78, 5) is 32.0. The molecule has 0 spiro atoms. The topological polar surface area (TPSA) is 68.3 Å². The third-order valence-corrected chi connectivity index (χ3v) is 0. The Hall–Kier alpha value is 0.159. The van der Waals surface area contributed by atoms with Crippen molar-refractivity contribution in [2.24, 2.45) is 0 Å². The maximum absolute atomic E-state index is 8.00. The predicted octanol–water partition coefficient (Wildman–Crippen LogP) is -6.73. The zero-order valence-electron chi connectivity index (χ0n) is 5.60. The molecule has 0 aliphatic rings. The Balaban J connectivity index is -0.00000000356. The molecule has 0 aliphatic heterocycles. The molecule has 0 aromatic heterocycles. The van der Waals surface area contributed by atoms with Crippen LogP contribution in [0.3, 0.4) is 0 Å². The van der Waals surface area contributed by atoms with Crippen molar-refractivity contribution in [3.8, 4) is 0 Å². The van der Waals surface area contributed by atoms with Gasteiger partial charge >= 0.3 is 17.1 Å². The minimum Gasteiger partial charge on any atom is -1.00 e. The number of hydrogen-bond acceptors (Lipinski definition) is 4. The zero-order chi connectivity index (χ0) is 8.00. The number of carbonyl (C=O) groups excluding carboxylic acids is 4. The molecule has 0 rings (SSSR count). The van der Waals surface area contributed by atoms with Crippen molar-refractivity contribution in [3.05, 3.63) is 0 Å². The maximum atomic E-state index is 8.00. The molecule has 0 N–H and O–H groups in total. The van der Waals surface area contributed by atoms with E-state index in [1.807, 2.05) is 27.2 Å². The average Bonchev–Trinajstić information content (AvgIpc) is 2.03. The van der Waals surface area contributed by atoms with Crippen molar-refractivity contribution < 1.29 is 70.2 Å². The van der Waals surface area contributed by atoms with Gasteiger partial charge < -0.3 is 53.1 Å². The van der Waals surface area contributed by atoms with Crippen molar-refractivity contribution in [1.82, 2.24) is 0 Å². The quantitative estimate of drug-likeness (QED) is 0.413. The molecular weight excluding hydrogens is 327 g/mol. The first-order chi connectivity index (χ1) is 4.00. The summed E-state index contributed by atoms with van der Waals surface area (Å²) in [6.45, 7) is 8.00. The number of hydrogen-bond donors (Lipinski definition) is 0. The summed E-state index contributed by atoms with van der Waals surface area (Å²) in [7, 11) is 0. The Morgan fingerprint density at radius 1 is 0.455 bits per heavy atom. The average molecular weight is 335 g/mol. The van der Waals surface area contributed by atoms with Gasteiger partial charge in [-0.05, 0) is 0 Å². The summed E-state index contributed by atoms with van der Waals surface area (Å²) in [5, 5.41) is 0. The molecule has 0 atom stereocenters. The Morgan fingerprint density at radius 2 is 0.455 bits per heavy atom. The molecule has 7 heteroatoms. The maximum Gasteiger partial charge on any atom is 2.00 e. The monoisotopic (exact) mass is 333 g/mol. The van der Waals surface area contributed by atoms with Gasteiger partial charge in [-0.3, -0.25) is 0 Å². The van der Waals surface area contributed by atoms with Crippen LogP contribution in [0, 0.1) is 0 Å². The fourth-order valence-corrected chi connectivity index (χ4v) is 0.